The molecule has 0 spiro atoms. The molecule has 4 rings (SSSR count). The van der Waals surface area contributed by atoms with E-state index in [4.69, 9.17) is 5.11 Å². The average Bonchev–Trinajstić information content (AvgIpc) is 3.50. The summed E-state index contributed by atoms with van der Waals surface area (Å²) in [5.74, 6) is 0.645. The van der Waals surface area contributed by atoms with Crippen LogP contribution in [0.15, 0.2) is 6.07 Å². The minimum absolute atomic E-state index is 0.0910. The molecule has 2 heterocycles. The summed E-state index contributed by atoms with van der Waals surface area (Å²) in [6.45, 7) is 3.10. The predicted molar refractivity (Wildman–Crippen MR) is 92.6 cm³/mol. The lowest BCUT2D eigenvalue weighted by atomic mass is 10.2. The summed E-state index contributed by atoms with van der Waals surface area (Å²) in [5, 5.41) is 8.92. The molecule has 3 aliphatic rings. The van der Waals surface area contributed by atoms with Gasteiger partial charge in [0.1, 0.15) is 5.82 Å². The van der Waals surface area contributed by atoms with Gasteiger partial charge in [0.05, 0.1) is 0 Å². The number of fused-ring (bicyclic) bond motifs is 1. The van der Waals surface area contributed by atoms with Gasteiger partial charge in [-0.1, -0.05) is 0 Å². The molecule has 0 bridgehead atoms. The van der Waals surface area contributed by atoms with Gasteiger partial charge in [-0.3, -0.25) is 4.79 Å². The summed E-state index contributed by atoms with van der Waals surface area (Å²) in [4.78, 5) is 22.6. The van der Waals surface area contributed by atoms with E-state index in [0.29, 0.717) is 19.0 Å². The SMILES string of the molecule is C[C@@H](C1CC1)N(C)c1nc(N2C[C@@H]3C(CC(=O)O)[C@@H]3C2)cc(C(F)(F)F)n1. The molecule has 0 radical (unpaired) electrons. The van der Waals surface area contributed by atoms with Crippen molar-refractivity contribution in [3.63, 3.8) is 0 Å². The third-order valence-electron chi connectivity index (χ3n) is 6.33. The molecule has 4 atom stereocenters. The highest BCUT2D eigenvalue weighted by Crippen LogP contribution is 2.54. The monoisotopic (exact) mass is 384 g/mol. The van der Waals surface area contributed by atoms with Gasteiger partial charge >= 0.3 is 12.1 Å². The Labute approximate surface area is 155 Å². The zero-order chi connectivity index (χ0) is 19.5. The lowest BCUT2D eigenvalue weighted by Crippen LogP contribution is -2.34. The van der Waals surface area contributed by atoms with Crippen molar-refractivity contribution in [1.82, 2.24) is 9.97 Å². The Hall–Kier alpha value is -2.06. The maximum Gasteiger partial charge on any atom is 0.433 e. The van der Waals surface area contributed by atoms with Crippen molar-refractivity contribution in [3.8, 4) is 0 Å². The second-order valence-electron chi connectivity index (χ2n) is 8.09. The van der Waals surface area contributed by atoms with Crippen LogP contribution < -0.4 is 9.80 Å². The first-order chi connectivity index (χ1) is 12.6. The van der Waals surface area contributed by atoms with E-state index in [0.717, 1.165) is 18.9 Å². The molecule has 0 amide bonds. The fraction of sp³-hybridized carbons (Fsp3) is 0.722. The third-order valence-corrected chi connectivity index (χ3v) is 6.33. The fourth-order valence-electron chi connectivity index (χ4n) is 4.30. The van der Waals surface area contributed by atoms with E-state index >= 15 is 0 Å². The average molecular weight is 384 g/mol. The highest BCUT2D eigenvalue weighted by molar-refractivity contribution is 5.68. The van der Waals surface area contributed by atoms with Crippen LogP contribution in [0.4, 0.5) is 24.9 Å². The number of piperidine rings is 1. The largest absolute Gasteiger partial charge is 0.481 e. The van der Waals surface area contributed by atoms with Crippen LogP contribution in [0.2, 0.25) is 0 Å². The van der Waals surface area contributed by atoms with Crippen LogP contribution in [0.25, 0.3) is 0 Å². The summed E-state index contributed by atoms with van der Waals surface area (Å²) in [5.41, 5.74) is -0.931. The topological polar surface area (TPSA) is 69.6 Å². The number of carbonyl (C=O) groups is 1. The summed E-state index contributed by atoms with van der Waals surface area (Å²) in [6.07, 6.45) is -2.24. The second-order valence-corrected chi connectivity index (χ2v) is 8.09. The van der Waals surface area contributed by atoms with E-state index in [2.05, 4.69) is 9.97 Å². The van der Waals surface area contributed by atoms with Crippen molar-refractivity contribution < 1.29 is 23.1 Å². The molecule has 1 aromatic heterocycles. The molecule has 0 aromatic carbocycles. The molecule has 2 saturated carbocycles. The number of alkyl halides is 3. The number of anilines is 2. The van der Waals surface area contributed by atoms with Gasteiger partial charge in [0.2, 0.25) is 5.95 Å². The van der Waals surface area contributed by atoms with Crippen molar-refractivity contribution >= 4 is 17.7 Å². The lowest BCUT2D eigenvalue weighted by molar-refractivity contribution is -0.141. The van der Waals surface area contributed by atoms with E-state index in [9.17, 15) is 18.0 Å². The Balaban J connectivity index is 1.56. The molecular weight excluding hydrogens is 361 g/mol. The summed E-state index contributed by atoms with van der Waals surface area (Å²) >= 11 is 0. The van der Waals surface area contributed by atoms with Crippen molar-refractivity contribution in [1.29, 1.82) is 0 Å². The van der Waals surface area contributed by atoms with Gasteiger partial charge in [-0.15, -0.1) is 0 Å². The highest BCUT2D eigenvalue weighted by Gasteiger charge is 2.56. The number of rotatable bonds is 6. The molecule has 1 N–H and O–H groups in total. The standard InChI is InChI=1S/C18H23F3N4O2/c1-9(10-3-4-10)24(2)17-22-14(18(19,20)21)6-15(23-17)25-7-12-11(5-16(26)27)13(12)8-25/h6,9-13H,3-5,7-8H2,1-2H3,(H,26,27)/t9-,11?,12-,13+/m0/s1. The van der Waals surface area contributed by atoms with Crippen LogP contribution in [-0.4, -0.2) is 47.2 Å². The highest BCUT2D eigenvalue weighted by atomic mass is 19.4. The number of aliphatic carboxylic acids is 1. The summed E-state index contributed by atoms with van der Waals surface area (Å²) in [6, 6.07) is 1.10. The maximum absolute atomic E-state index is 13.4. The number of hydrogen-bond acceptors (Lipinski definition) is 5. The molecule has 1 aliphatic heterocycles. The number of hydrogen-bond donors (Lipinski definition) is 1. The third kappa shape index (κ3) is 3.55. The van der Waals surface area contributed by atoms with Crippen LogP contribution in [0.5, 0.6) is 0 Å². The number of carboxylic acid groups (broad SMARTS) is 1. The van der Waals surface area contributed by atoms with Crippen molar-refractivity contribution in [2.45, 2.75) is 38.4 Å². The Kier molecular flexibility index (Phi) is 4.23. The summed E-state index contributed by atoms with van der Waals surface area (Å²) in [7, 11) is 1.74. The van der Waals surface area contributed by atoms with Gasteiger partial charge in [0.25, 0.3) is 0 Å². The Bertz CT molecular complexity index is 741. The quantitative estimate of drug-likeness (QED) is 0.813. The molecule has 1 saturated heterocycles. The first kappa shape index (κ1) is 18.3. The van der Waals surface area contributed by atoms with E-state index in [1.807, 2.05) is 11.8 Å². The molecule has 1 unspecified atom stereocenters. The van der Waals surface area contributed by atoms with Gasteiger partial charge in [-0.2, -0.15) is 18.2 Å². The van der Waals surface area contributed by atoms with E-state index < -0.39 is 17.8 Å². The van der Waals surface area contributed by atoms with Gasteiger partial charge in [0.15, 0.2) is 5.69 Å². The van der Waals surface area contributed by atoms with Crippen molar-refractivity contribution in [2.75, 3.05) is 29.9 Å². The minimum atomic E-state index is -4.54. The molecule has 2 aliphatic carbocycles. The second kappa shape index (κ2) is 6.24. The first-order valence-corrected chi connectivity index (χ1v) is 9.31. The molecule has 6 nitrogen and oxygen atoms in total. The van der Waals surface area contributed by atoms with Crippen LogP contribution in [0.1, 0.15) is 31.9 Å². The maximum atomic E-state index is 13.4. The van der Waals surface area contributed by atoms with Gasteiger partial charge in [0, 0.05) is 38.7 Å². The zero-order valence-corrected chi connectivity index (χ0v) is 15.3. The molecular formula is C18H23F3N4O2. The van der Waals surface area contributed by atoms with Crippen LogP contribution >= 0.6 is 0 Å². The fourth-order valence-corrected chi connectivity index (χ4v) is 4.30. The van der Waals surface area contributed by atoms with E-state index in [1.165, 1.54) is 0 Å². The van der Waals surface area contributed by atoms with Crippen LogP contribution in [0.3, 0.4) is 0 Å². The molecule has 148 valence electrons. The van der Waals surface area contributed by atoms with Crippen molar-refractivity contribution in [2.24, 2.45) is 23.7 Å². The number of carboxylic acids is 1. The number of nitrogens with zero attached hydrogens (tertiary/aromatic N) is 4. The van der Waals surface area contributed by atoms with Gasteiger partial charge in [-0.25, -0.2) is 4.98 Å². The van der Waals surface area contributed by atoms with Crippen LogP contribution in [-0.2, 0) is 11.0 Å². The van der Waals surface area contributed by atoms with Crippen LogP contribution in [0, 0.1) is 23.7 Å². The van der Waals surface area contributed by atoms with Gasteiger partial charge in [-0.05, 0) is 43.4 Å². The smallest absolute Gasteiger partial charge is 0.433 e. The Morgan fingerprint density at radius 3 is 2.48 bits per heavy atom. The summed E-state index contributed by atoms with van der Waals surface area (Å²) < 4.78 is 40.1. The molecule has 1 aromatic rings. The molecule has 3 fully saturated rings. The minimum Gasteiger partial charge on any atom is -0.481 e. The number of aromatic nitrogens is 2. The zero-order valence-electron chi connectivity index (χ0n) is 15.3. The Morgan fingerprint density at radius 2 is 1.96 bits per heavy atom. The van der Waals surface area contributed by atoms with Crippen molar-refractivity contribution in [3.05, 3.63) is 11.8 Å². The Morgan fingerprint density at radius 1 is 1.33 bits per heavy atom. The molecule has 27 heavy (non-hydrogen) atoms. The predicted octanol–water partition coefficient (Wildman–Crippen LogP) is 2.89. The lowest BCUT2D eigenvalue weighted by Gasteiger charge is -2.28. The first-order valence-electron chi connectivity index (χ1n) is 9.31. The van der Waals surface area contributed by atoms with Gasteiger partial charge < -0.3 is 14.9 Å². The van der Waals surface area contributed by atoms with E-state index in [1.54, 1.807) is 11.9 Å². The normalized spacial score (nSPS) is 28.0. The van der Waals surface area contributed by atoms with E-state index in [-0.39, 0.29) is 42.0 Å². The number of halogens is 3. The molecule has 9 heteroatoms.